The van der Waals surface area contributed by atoms with Crippen LogP contribution in [0.3, 0.4) is 0 Å². The molecule has 4 rings (SSSR count). The van der Waals surface area contributed by atoms with Crippen molar-refractivity contribution < 1.29 is 4.74 Å². The van der Waals surface area contributed by atoms with Gasteiger partial charge < -0.3 is 19.9 Å². The van der Waals surface area contributed by atoms with E-state index in [0.717, 1.165) is 55.9 Å². The Morgan fingerprint density at radius 3 is 2.93 bits per heavy atom. The average Bonchev–Trinajstić information content (AvgIpc) is 3.42. The molecule has 2 saturated heterocycles. The topological polar surface area (TPSA) is 65.5 Å². The quantitative estimate of drug-likeness (QED) is 0.400. The van der Waals surface area contributed by atoms with Crippen molar-refractivity contribution in [2.75, 3.05) is 32.8 Å². The van der Waals surface area contributed by atoms with Gasteiger partial charge >= 0.3 is 0 Å². The van der Waals surface area contributed by atoms with Gasteiger partial charge in [-0.1, -0.05) is 30.3 Å². The molecule has 7 heteroatoms. The van der Waals surface area contributed by atoms with Crippen LogP contribution in [0.25, 0.3) is 11.3 Å². The lowest BCUT2D eigenvalue weighted by molar-refractivity contribution is 0.156. The number of H-pyrrole nitrogens is 1. The maximum atomic E-state index is 5.64. The molecule has 0 bridgehead atoms. The first-order valence-corrected chi connectivity index (χ1v) is 9.48. The van der Waals surface area contributed by atoms with Crippen LogP contribution in [0.2, 0.25) is 0 Å². The summed E-state index contributed by atoms with van der Waals surface area (Å²) in [4.78, 5) is 15.1. The van der Waals surface area contributed by atoms with Crippen molar-refractivity contribution in [2.24, 2.45) is 10.4 Å². The van der Waals surface area contributed by atoms with Gasteiger partial charge in [-0.25, -0.2) is 9.98 Å². The zero-order valence-corrected chi connectivity index (χ0v) is 18.1. The Morgan fingerprint density at radius 1 is 1.33 bits per heavy atom. The molecule has 1 unspecified atom stereocenters. The summed E-state index contributed by atoms with van der Waals surface area (Å²) in [5.74, 6) is 1.87. The van der Waals surface area contributed by atoms with Gasteiger partial charge in [-0.05, 0) is 25.3 Å². The Labute approximate surface area is 177 Å². The predicted molar refractivity (Wildman–Crippen MR) is 118 cm³/mol. The van der Waals surface area contributed by atoms with Crippen molar-refractivity contribution in [3.63, 3.8) is 0 Å². The molecular formula is C20H28IN5O. The number of imidazole rings is 1. The summed E-state index contributed by atoms with van der Waals surface area (Å²) < 4.78 is 5.64. The fourth-order valence-corrected chi connectivity index (χ4v) is 3.87. The number of aromatic amines is 1. The van der Waals surface area contributed by atoms with E-state index in [1.54, 1.807) is 0 Å². The highest BCUT2D eigenvalue weighted by Gasteiger charge is 2.42. The molecule has 1 atom stereocenters. The molecule has 2 aromatic rings. The van der Waals surface area contributed by atoms with Crippen LogP contribution in [-0.2, 0) is 11.3 Å². The molecule has 3 heterocycles. The number of guanidine groups is 1. The Bertz CT molecular complexity index is 755. The summed E-state index contributed by atoms with van der Waals surface area (Å²) >= 11 is 0. The number of aliphatic imine (C=N–C) groups is 1. The van der Waals surface area contributed by atoms with Crippen molar-refractivity contribution in [1.29, 1.82) is 0 Å². The Balaban J connectivity index is 0.00000210. The second kappa shape index (κ2) is 9.05. The summed E-state index contributed by atoms with van der Waals surface area (Å²) in [5, 5.41) is 3.43. The molecule has 1 spiro atoms. The minimum absolute atomic E-state index is 0. The third-order valence-corrected chi connectivity index (χ3v) is 5.35. The largest absolute Gasteiger partial charge is 0.381 e. The first-order chi connectivity index (χ1) is 12.8. The van der Waals surface area contributed by atoms with Crippen LogP contribution in [0, 0.1) is 5.41 Å². The van der Waals surface area contributed by atoms with Crippen LogP contribution in [-0.4, -0.2) is 53.7 Å². The molecule has 1 aromatic carbocycles. The summed E-state index contributed by atoms with van der Waals surface area (Å²) in [6.07, 6.45) is 4.24. The standard InChI is InChI=1S/C20H27N5O.HI/c1-2-21-19(25-10-8-20(14-25)9-11-26-15-20)23-13-18-22-12-17(24-18)16-6-4-3-5-7-16;/h3-7,12H,2,8-11,13-15H2,1H3,(H,21,23)(H,22,24);1H. The third-order valence-electron chi connectivity index (χ3n) is 5.35. The summed E-state index contributed by atoms with van der Waals surface area (Å²) in [5.41, 5.74) is 2.51. The van der Waals surface area contributed by atoms with E-state index in [0.29, 0.717) is 12.0 Å². The van der Waals surface area contributed by atoms with Crippen LogP contribution in [0.15, 0.2) is 41.5 Å². The molecule has 2 N–H and O–H groups in total. The minimum atomic E-state index is 0. The summed E-state index contributed by atoms with van der Waals surface area (Å²) in [6, 6.07) is 10.3. The molecule has 27 heavy (non-hydrogen) atoms. The highest BCUT2D eigenvalue weighted by Crippen LogP contribution is 2.38. The Kier molecular flexibility index (Phi) is 6.75. The van der Waals surface area contributed by atoms with Gasteiger partial charge in [-0.15, -0.1) is 24.0 Å². The lowest BCUT2D eigenvalue weighted by atomic mass is 9.87. The van der Waals surface area contributed by atoms with Crippen molar-refractivity contribution in [3.8, 4) is 11.3 Å². The zero-order valence-electron chi connectivity index (χ0n) is 15.8. The normalized spacial score (nSPS) is 22.3. The molecule has 146 valence electrons. The van der Waals surface area contributed by atoms with Crippen molar-refractivity contribution >= 4 is 29.9 Å². The van der Waals surface area contributed by atoms with Crippen LogP contribution in [0.1, 0.15) is 25.6 Å². The zero-order chi connectivity index (χ0) is 17.8. The molecule has 6 nitrogen and oxygen atoms in total. The number of aromatic nitrogens is 2. The smallest absolute Gasteiger partial charge is 0.194 e. The average molecular weight is 481 g/mol. The number of ether oxygens (including phenoxy) is 1. The first kappa shape index (κ1) is 20.1. The summed E-state index contributed by atoms with van der Waals surface area (Å²) in [7, 11) is 0. The monoisotopic (exact) mass is 481 g/mol. The van der Waals surface area contributed by atoms with Crippen LogP contribution in [0.5, 0.6) is 0 Å². The van der Waals surface area contributed by atoms with E-state index < -0.39 is 0 Å². The highest BCUT2D eigenvalue weighted by molar-refractivity contribution is 14.0. The molecule has 0 radical (unpaired) electrons. The van der Waals surface area contributed by atoms with E-state index in [2.05, 4.69) is 39.2 Å². The lowest BCUT2D eigenvalue weighted by Gasteiger charge is -2.24. The maximum absolute atomic E-state index is 5.64. The Morgan fingerprint density at radius 2 is 2.19 bits per heavy atom. The molecule has 0 amide bonds. The van der Waals surface area contributed by atoms with Gasteiger partial charge in [0.2, 0.25) is 0 Å². The van der Waals surface area contributed by atoms with Crippen LogP contribution < -0.4 is 5.32 Å². The van der Waals surface area contributed by atoms with Gasteiger partial charge in [0.15, 0.2) is 5.96 Å². The van der Waals surface area contributed by atoms with Crippen molar-refractivity contribution in [2.45, 2.75) is 26.3 Å². The Hall–Kier alpha value is -1.61. The number of rotatable bonds is 4. The molecule has 1 aromatic heterocycles. The number of halogens is 1. The first-order valence-electron chi connectivity index (χ1n) is 9.48. The van der Waals surface area contributed by atoms with E-state index in [1.807, 2.05) is 24.4 Å². The number of likely N-dealkylation sites (tertiary alicyclic amines) is 1. The van der Waals surface area contributed by atoms with Gasteiger partial charge in [-0.3, -0.25) is 0 Å². The fourth-order valence-electron chi connectivity index (χ4n) is 3.87. The van der Waals surface area contributed by atoms with Gasteiger partial charge in [-0.2, -0.15) is 0 Å². The maximum Gasteiger partial charge on any atom is 0.194 e. The second-order valence-electron chi connectivity index (χ2n) is 7.25. The SMILES string of the molecule is CCNC(=NCc1ncc(-c2ccccc2)[nH]1)N1CCC2(CCOC2)C1.I. The predicted octanol–water partition coefficient (Wildman–Crippen LogP) is 3.27. The molecule has 0 saturated carbocycles. The minimum Gasteiger partial charge on any atom is -0.381 e. The fraction of sp³-hybridized carbons (Fsp3) is 0.500. The number of hydrogen-bond acceptors (Lipinski definition) is 3. The van der Waals surface area contributed by atoms with E-state index in [9.17, 15) is 0 Å². The molecule has 2 aliphatic heterocycles. The van der Waals surface area contributed by atoms with Crippen LogP contribution >= 0.6 is 24.0 Å². The van der Waals surface area contributed by atoms with E-state index in [1.165, 1.54) is 12.8 Å². The highest BCUT2D eigenvalue weighted by atomic mass is 127. The molecule has 2 aliphatic rings. The number of benzene rings is 1. The summed E-state index contributed by atoms with van der Waals surface area (Å²) in [6.45, 7) is 7.40. The van der Waals surface area contributed by atoms with Crippen LogP contribution in [0.4, 0.5) is 0 Å². The second-order valence-corrected chi connectivity index (χ2v) is 7.25. The van der Waals surface area contributed by atoms with Crippen molar-refractivity contribution in [3.05, 3.63) is 42.4 Å². The van der Waals surface area contributed by atoms with E-state index in [-0.39, 0.29) is 24.0 Å². The molecule has 2 fully saturated rings. The van der Waals surface area contributed by atoms with Gasteiger partial charge in [0, 0.05) is 31.7 Å². The molecular weight excluding hydrogens is 453 g/mol. The number of nitrogens with zero attached hydrogens (tertiary/aromatic N) is 3. The van der Waals surface area contributed by atoms with Gasteiger partial charge in [0.05, 0.1) is 18.5 Å². The lowest BCUT2D eigenvalue weighted by Crippen LogP contribution is -2.41. The number of hydrogen-bond donors (Lipinski definition) is 2. The third kappa shape index (κ3) is 4.63. The van der Waals surface area contributed by atoms with Gasteiger partial charge in [0.25, 0.3) is 0 Å². The molecule has 0 aliphatic carbocycles. The van der Waals surface area contributed by atoms with Gasteiger partial charge in [0.1, 0.15) is 12.4 Å². The van der Waals surface area contributed by atoms with E-state index >= 15 is 0 Å². The van der Waals surface area contributed by atoms with Crippen molar-refractivity contribution in [1.82, 2.24) is 20.2 Å². The number of nitrogens with one attached hydrogen (secondary N) is 2. The van der Waals surface area contributed by atoms with E-state index in [4.69, 9.17) is 9.73 Å².